The highest BCUT2D eigenvalue weighted by Gasteiger charge is 2.23. The number of amides is 1. The lowest BCUT2D eigenvalue weighted by Crippen LogP contribution is -2.41. The molecule has 0 aromatic carbocycles. The number of hydrogen-bond donors (Lipinski definition) is 1. The zero-order valence-corrected chi connectivity index (χ0v) is 11.5. The van der Waals surface area contributed by atoms with Crippen LogP contribution in [0.1, 0.15) is 40.5 Å². The first-order valence-corrected chi connectivity index (χ1v) is 5.72. The second kappa shape index (κ2) is 6.98. The predicted octanol–water partition coefficient (Wildman–Crippen LogP) is 0.786. The van der Waals surface area contributed by atoms with Gasteiger partial charge in [-0.3, -0.25) is 9.59 Å². The molecule has 0 bridgehead atoms. The van der Waals surface area contributed by atoms with Crippen molar-refractivity contribution in [2.24, 2.45) is 0 Å². The molecule has 0 rings (SSSR count). The summed E-state index contributed by atoms with van der Waals surface area (Å²) in [4.78, 5) is 33.7. The van der Waals surface area contributed by atoms with Crippen molar-refractivity contribution < 1.29 is 23.9 Å². The summed E-state index contributed by atoms with van der Waals surface area (Å²) in [5.41, 5.74) is -0.564. The van der Waals surface area contributed by atoms with Crippen LogP contribution in [0.25, 0.3) is 0 Å². The topological polar surface area (TPSA) is 81.7 Å². The lowest BCUT2D eigenvalue weighted by atomic mass is 10.1. The molecule has 0 spiro atoms. The number of ether oxygens (including phenoxy) is 2. The molecule has 1 N–H and O–H groups in total. The monoisotopic (exact) mass is 259 g/mol. The van der Waals surface area contributed by atoms with Crippen molar-refractivity contribution in [2.75, 3.05) is 7.11 Å². The van der Waals surface area contributed by atoms with Crippen molar-refractivity contribution in [3.63, 3.8) is 0 Å². The van der Waals surface area contributed by atoms with Crippen molar-refractivity contribution in [3.8, 4) is 0 Å². The molecule has 6 heteroatoms. The summed E-state index contributed by atoms with van der Waals surface area (Å²) in [6.45, 7) is 6.58. The highest BCUT2D eigenvalue weighted by Crippen LogP contribution is 2.10. The molecule has 1 amide bonds. The Balaban J connectivity index is 4.30. The Morgan fingerprint density at radius 3 is 2.17 bits per heavy atom. The van der Waals surface area contributed by atoms with Crippen LogP contribution in [0.2, 0.25) is 0 Å². The third-order valence-corrected chi connectivity index (χ3v) is 1.92. The smallest absolute Gasteiger partial charge is 0.328 e. The summed E-state index contributed by atoms with van der Waals surface area (Å²) in [5.74, 6) is -1.34. The van der Waals surface area contributed by atoms with E-state index in [4.69, 9.17) is 4.74 Å². The largest absolute Gasteiger partial charge is 0.467 e. The molecular formula is C12H21NO5. The molecule has 0 unspecified atom stereocenters. The molecule has 0 aliphatic rings. The Morgan fingerprint density at radius 1 is 1.22 bits per heavy atom. The maximum Gasteiger partial charge on any atom is 0.328 e. The van der Waals surface area contributed by atoms with Crippen LogP contribution in [0.15, 0.2) is 0 Å². The molecule has 1 atom stereocenters. The SMILES string of the molecule is COC(=O)[C@@H](CCC(=O)OC(C)(C)C)NC(C)=O. The van der Waals surface area contributed by atoms with E-state index in [-0.39, 0.29) is 18.7 Å². The van der Waals surface area contributed by atoms with Crippen molar-refractivity contribution in [3.05, 3.63) is 0 Å². The van der Waals surface area contributed by atoms with E-state index < -0.39 is 23.6 Å². The van der Waals surface area contributed by atoms with Crippen LogP contribution in [-0.4, -0.2) is 36.6 Å². The fraction of sp³-hybridized carbons (Fsp3) is 0.750. The van der Waals surface area contributed by atoms with E-state index in [1.165, 1.54) is 14.0 Å². The summed E-state index contributed by atoms with van der Waals surface area (Å²) in [7, 11) is 1.23. The van der Waals surface area contributed by atoms with E-state index in [1.54, 1.807) is 20.8 Å². The van der Waals surface area contributed by atoms with Gasteiger partial charge < -0.3 is 14.8 Å². The minimum Gasteiger partial charge on any atom is -0.467 e. The molecule has 0 radical (unpaired) electrons. The molecule has 0 aromatic heterocycles. The Morgan fingerprint density at radius 2 is 1.78 bits per heavy atom. The van der Waals surface area contributed by atoms with Gasteiger partial charge in [-0.1, -0.05) is 0 Å². The van der Waals surface area contributed by atoms with Gasteiger partial charge in [0.15, 0.2) is 0 Å². The van der Waals surface area contributed by atoms with Gasteiger partial charge in [-0.2, -0.15) is 0 Å². The Bertz CT molecular complexity index is 319. The number of hydrogen-bond acceptors (Lipinski definition) is 5. The van der Waals surface area contributed by atoms with Gasteiger partial charge in [0.2, 0.25) is 5.91 Å². The summed E-state index contributed by atoms with van der Waals surface area (Å²) in [6.07, 6.45) is 0.193. The number of carbonyl (C=O) groups is 3. The maximum absolute atomic E-state index is 11.5. The summed E-state index contributed by atoms with van der Waals surface area (Å²) in [5, 5.41) is 2.43. The zero-order chi connectivity index (χ0) is 14.3. The Hall–Kier alpha value is -1.59. The van der Waals surface area contributed by atoms with E-state index in [0.29, 0.717) is 0 Å². The van der Waals surface area contributed by atoms with Crippen molar-refractivity contribution in [1.82, 2.24) is 5.32 Å². The van der Waals surface area contributed by atoms with Crippen LogP contribution in [0.4, 0.5) is 0 Å². The van der Waals surface area contributed by atoms with Crippen LogP contribution in [-0.2, 0) is 23.9 Å². The second-order valence-electron chi connectivity index (χ2n) is 4.90. The molecule has 0 aliphatic carbocycles. The molecular weight excluding hydrogens is 238 g/mol. The number of carbonyl (C=O) groups excluding carboxylic acids is 3. The minimum absolute atomic E-state index is 0.0390. The van der Waals surface area contributed by atoms with E-state index in [0.717, 1.165) is 0 Å². The number of esters is 2. The van der Waals surface area contributed by atoms with Crippen molar-refractivity contribution in [2.45, 2.75) is 52.2 Å². The summed E-state index contributed by atoms with van der Waals surface area (Å²) < 4.78 is 9.64. The van der Waals surface area contributed by atoms with E-state index in [9.17, 15) is 14.4 Å². The fourth-order valence-corrected chi connectivity index (χ4v) is 1.29. The molecule has 104 valence electrons. The normalized spacial score (nSPS) is 12.5. The van der Waals surface area contributed by atoms with Crippen LogP contribution in [0.5, 0.6) is 0 Å². The first-order chi connectivity index (χ1) is 8.15. The molecule has 0 heterocycles. The average Bonchev–Trinajstić information content (AvgIpc) is 2.20. The first-order valence-electron chi connectivity index (χ1n) is 5.72. The molecule has 6 nitrogen and oxygen atoms in total. The van der Waals surface area contributed by atoms with Crippen molar-refractivity contribution >= 4 is 17.8 Å². The lowest BCUT2D eigenvalue weighted by molar-refractivity contribution is -0.155. The number of methoxy groups -OCH3 is 1. The summed E-state index contributed by atoms with van der Waals surface area (Å²) in [6, 6.07) is -0.819. The molecule has 18 heavy (non-hydrogen) atoms. The van der Waals surface area contributed by atoms with Gasteiger partial charge in [0.05, 0.1) is 7.11 Å². The molecule has 0 saturated heterocycles. The molecule has 0 aromatic rings. The molecule has 0 saturated carbocycles. The summed E-state index contributed by atoms with van der Waals surface area (Å²) >= 11 is 0. The highest BCUT2D eigenvalue weighted by atomic mass is 16.6. The van der Waals surface area contributed by atoms with Gasteiger partial charge in [-0.15, -0.1) is 0 Å². The fourth-order valence-electron chi connectivity index (χ4n) is 1.29. The third kappa shape index (κ3) is 7.65. The first kappa shape index (κ1) is 16.4. The van der Waals surface area contributed by atoms with Crippen molar-refractivity contribution in [1.29, 1.82) is 0 Å². The average molecular weight is 259 g/mol. The second-order valence-corrected chi connectivity index (χ2v) is 4.90. The highest BCUT2D eigenvalue weighted by molar-refractivity contribution is 5.83. The number of nitrogens with one attached hydrogen (secondary N) is 1. The molecule has 0 fully saturated rings. The van der Waals surface area contributed by atoms with Gasteiger partial charge in [-0.05, 0) is 27.2 Å². The lowest BCUT2D eigenvalue weighted by Gasteiger charge is -2.20. The van der Waals surface area contributed by atoms with E-state index in [2.05, 4.69) is 10.1 Å². The van der Waals surface area contributed by atoms with E-state index >= 15 is 0 Å². The minimum atomic E-state index is -0.819. The van der Waals surface area contributed by atoms with Crippen LogP contribution in [0.3, 0.4) is 0 Å². The Labute approximate surface area is 107 Å². The predicted molar refractivity (Wildman–Crippen MR) is 64.7 cm³/mol. The van der Waals surface area contributed by atoms with Crippen LogP contribution >= 0.6 is 0 Å². The zero-order valence-electron chi connectivity index (χ0n) is 11.5. The van der Waals surface area contributed by atoms with Gasteiger partial charge in [0.25, 0.3) is 0 Å². The van der Waals surface area contributed by atoms with Gasteiger partial charge in [0.1, 0.15) is 11.6 Å². The Kier molecular flexibility index (Phi) is 6.36. The van der Waals surface area contributed by atoms with Gasteiger partial charge in [0, 0.05) is 13.3 Å². The maximum atomic E-state index is 11.5. The standard InChI is InChI=1S/C12H21NO5/c1-8(14)13-9(11(16)17-5)6-7-10(15)18-12(2,3)4/h9H,6-7H2,1-5H3,(H,13,14)/t9-/m1/s1. The van der Waals surface area contributed by atoms with Gasteiger partial charge >= 0.3 is 11.9 Å². The number of rotatable bonds is 5. The van der Waals surface area contributed by atoms with E-state index in [1.807, 2.05) is 0 Å². The van der Waals surface area contributed by atoms with Crippen LogP contribution < -0.4 is 5.32 Å². The third-order valence-electron chi connectivity index (χ3n) is 1.92. The van der Waals surface area contributed by atoms with Crippen LogP contribution in [0, 0.1) is 0 Å². The van der Waals surface area contributed by atoms with Gasteiger partial charge in [-0.25, -0.2) is 4.79 Å². The quantitative estimate of drug-likeness (QED) is 0.738. The molecule has 0 aliphatic heterocycles.